The number of amides is 3. The fraction of sp³-hybridized carbons (Fsp3) is 0.636. The molecule has 0 radical (unpaired) electrons. The van der Waals surface area contributed by atoms with E-state index in [4.69, 9.17) is 4.74 Å². The van der Waals surface area contributed by atoms with E-state index in [1.165, 1.54) is 6.42 Å². The van der Waals surface area contributed by atoms with E-state index in [2.05, 4.69) is 0 Å². The van der Waals surface area contributed by atoms with Gasteiger partial charge in [0.15, 0.2) is 0 Å². The molecule has 0 spiro atoms. The lowest BCUT2D eigenvalue weighted by atomic mass is 10.1. The van der Waals surface area contributed by atoms with Crippen LogP contribution in [0.25, 0.3) is 0 Å². The minimum Gasteiger partial charge on any atom is -0.490 e. The Labute approximate surface area is 167 Å². The second-order valence-corrected chi connectivity index (χ2v) is 8.16. The fourth-order valence-electron chi connectivity index (χ4n) is 4.42. The Morgan fingerprint density at radius 1 is 0.714 bits per heavy atom. The molecule has 3 fully saturated rings. The second kappa shape index (κ2) is 8.84. The van der Waals surface area contributed by atoms with Crippen LogP contribution in [0.3, 0.4) is 0 Å². The predicted molar refractivity (Wildman–Crippen MR) is 108 cm³/mol. The van der Waals surface area contributed by atoms with Gasteiger partial charge in [0.1, 0.15) is 11.9 Å². The zero-order chi connectivity index (χ0) is 19.3. The number of rotatable bonds is 3. The summed E-state index contributed by atoms with van der Waals surface area (Å²) in [6, 6.07) is 7.74. The van der Waals surface area contributed by atoms with Crippen LogP contribution >= 0.6 is 0 Å². The van der Waals surface area contributed by atoms with Gasteiger partial charge in [-0.3, -0.25) is 4.79 Å². The fourth-order valence-corrected chi connectivity index (χ4v) is 4.42. The first-order chi connectivity index (χ1) is 13.7. The van der Waals surface area contributed by atoms with E-state index in [1.54, 1.807) is 0 Å². The van der Waals surface area contributed by atoms with Gasteiger partial charge in [0.05, 0.1) is 0 Å². The zero-order valence-corrected chi connectivity index (χ0v) is 16.6. The molecule has 0 unspecified atom stereocenters. The molecule has 0 saturated carbocycles. The Bertz CT molecular complexity index is 671. The highest BCUT2D eigenvalue weighted by atomic mass is 16.5. The van der Waals surface area contributed by atoms with Gasteiger partial charge in [0.2, 0.25) is 0 Å². The van der Waals surface area contributed by atoms with Gasteiger partial charge in [0.25, 0.3) is 5.91 Å². The highest BCUT2D eigenvalue weighted by Gasteiger charge is 2.28. The van der Waals surface area contributed by atoms with Crippen LogP contribution in [0.1, 0.15) is 55.3 Å². The van der Waals surface area contributed by atoms with Crippen molar-refractivity contribution in [3.8, 4) is 5.75 Å². The maximum atomic E-state index is 12.6. The molecule has 0 N–H and O–H groups in total. The molecule has 6 heteroatoms. The van der Waals surface area contributed by atoms with Crippen LogP contribution in [-0.2, 0) is 0 Å². The maximum absolute atomic E-state index is 12.6. The van der Waals surface area contributed by atoms with Gasteiger partial charge in [-0.1, -0.05) is 0 Å². The van der Waals surface area contributed by atoms with Crippen molar-refractivity contribution >= 4 is 11.9 Å². The molecule has 3 aliphatic rings. The molecule has 3 aliphatic heterocycles. The Balaban J connectivity index is 1.26. The number of likely N-dealkylation sites (tertiary alicyclic amines) is 3. The summed E-state index contributed by atoms with van der Waals surface area (Å²) in [6.07, 6.45) is 7.52. The van der Waals surface area contributed by atoms with Crippen LogP contribution in [0.4, 0.5) is 4.79 Å². The Morgan fingerprint density at radius 2 is 1.25 bits per heavy atom. The van der Waals surface area contributed by atoms with Crippen molar-refractivity contribution in [3.63, 3.8) is 0 Å². The number of hydrogen-bond donors (Lipinski definition) is 0. The largest absolute Gasteiger partial charge is 0.490 e. The number of nitrogens with zero attached hydrogens (tertiary/aromatic N) is 3. The summed E-state index contributed by atoms with van der Waals surface area (Å²) in [4.78, 5) is 30.9. The number of hydrogen-bond acceptors (Lipinski definition) is 3. The van der Waals surface area contributed by atoms with Gasteiger partial charge in [-0.15, -0.1) is 0 Å². The zero-order valence-electron chi connectivity index (χ0n) is 16.6. The highest BCUT2D eigenvalue weighted by Crippen LogP contribution is 2.22. The number of piperidine rings is 2. The normalized spacial score (nSPS) is 21.1. The van der Waals surface area contributed by atoms with Crippen LogP contribution in [0.15, 0.2) is 24.3 Å². The molecular formula is C22H31N3O3. The number of benzene rings is 1. The Hall–Kier alpha value is -2.24. The van der Waals surface area contributed by atoms with E-state index in [9.17, 15) is 9.59 Å². The minimum atomic E-state index is 0.125. The topological polar surface area (TPSA) is 53.1 Å². The van der Waals surface area contributed by atoms with E-state index >= 15 is 0 Å². The van der Waals surface area contributed by atoms with Gasteiger partial charge in [0, 0.05) is 57.7 Å². The molecule has 152 valence electrons. The minimum absolute atomic E-state index is 0.125. The van der Waals surface area contributed by atoms with Crippen LogP contribution in [-0.4, -0.2) is 72.0 Å². The molecule has 0 aromatic heterocycles. The molecule has 1 aromatic carbocycles. The van der Waals surface area contributed by atoms with Crippen LogP contribution in [0.5, 0.6) is 5.75 Å². The number of urea groups is 1. The molecule has 1 aromatic rings. The van der Waals surface area contributed by atoms with E-state index in [-0.39, 0.29) is 18.0 Å². The number of carbonyl (C=O) groups is 2. The van der Waals surface area contributed by atoms with Crippen molar-refractivity contribution in [2.24, 2.45) is 0 Å². The first-order valence-corrected chi connectivity index (χ1v) is 10.8. The average molecular weight is 386 g/mol. The summed E-state index contributed by atoms with van der Waals surface area (Å²) in [5.74, 6) is 0.930. The Morgan fingerprint density at radius 3 is 1.89 bits per heavy atom. The third-order valence-electron chi connectivity index (χ3n) is 6.14. The van der Waals surface area contributed by atoms with E-state index in [1.807, 2.05) is 39.0 Å². The molecule has 28 heavy (non-hydrogen) atoms. The molecule has 4 rings (SSSR count). The van der Waals surface area contributed by atoms with Gasteiger partial charge < -0.3 is 19.4 Å². The Kier molecular flexibility index (Phi) is 6.03. The molecular weight excluding hydrogens is 354 g/mol. The third-order valence-corrected chi connectivity index (χ3v) is 6.14. The standard InChI is InChI=1S/C22H31N3O3/c26-21(23-12-2-1-3-13-23)18-6-8-19(9-7-18)28-20-10-16-25(17-11-20)22(27)24-14-4-5-15-24/h6-9,20H,1-5,10-17H2. The van der Waals surface area contributed by atoms with E-state index in [0.29, 0.717) is 0 Å². The number of ether oxygens (including phenoxy) is 1. The number of carbonyl (C=O) groups excluding carboxylic acids is 2. The van der Waals surface area contributed by atoms with E-state index in [0.717, 1.165) is 89.1 Å². The quantitative estimate of drug-likeness (QED) is 0.802. The SMILES string of the molecule is O=C(c1ccc(OC2CCN(C(=O)N3CCCC3)CC2)cc1)N1CCCCC1. The van der Waals surface area contributed by atoms with Crippen molar-refractivity contribution in [1.29, 1.82) is 0 Å². The van der Waals surface area contributed by atoms with Gasteiger partial charge >= 0.3 is 6.03 Å². The second-order valence-electron chi connectivity index (χ2n) is 8.16. The van der Waals surface area contributed by atoms with Crippen molar-refractivity contribution in [2.45, 2.75) is 51.0 Å². The van der Waals surface area contributed by atoms with Crippen LogP contribution < -0.4 is 4.74 Å². The highest BCUT2D eigenvalue weighted by molar-refractivity contribution is 5.94. The molecule has 3 amide bonds. The first kappa shape index (κ1) is 19.1. The van der Waals surface area contributed by atoms with E-state index < -0.39 is 0 Å². The molecule has 0 bridgehead atoms. The average Bonchev–Trinajstić information content (AvgIpc) is 3.29. The lowest BCUT2D eigenvalue weighted by molar-refractivity contribution is 0.0724. The van der Waals surface area contributed by atoms with Crippen LogP contribution in [0, 0.1) is 0 Å². The van der Waals surface area contributed by atoms with Gasteiger partial charge in [-0.25, -0.2) is 4.79 Å². The lowest BCUT2D eigenvalue weighted by Gasteiger charge is -2.34. The molecule has 6 nitrogen and oxygen atoms in total. The summed E-state index contributed by atoms with van der Waals surface area (Å²) >= 11 is 0. The summed E-state index contributed by atoms with van der Waals surface area (Å²) in [6.45, 7) is 5.05. The smallest absolute Gasteiger partial charge is 0.320 e. The molecule has 0 aliphatic carbocycles. The monoisotopic (exact) mass is 385 g/mol. The van der Waals surface area contributed by atoms with Crippen molar-refractivity contribution < 1.29 is 14.3 Å². The van der Waals surface area contributed by atoms with Crippen molar-refractivity contribution in [2.75, 3.05) is 39.3 Å². The summed E-state index contributed by atoms with van der Waals surface area (Å²) in [5.41, 5.74) is 0.736. The van der Waals surface area contributed by atoms with Crippen molar-refractivity contribution in [3.05, 3.63) is 29.8 Å². The third kappa shape index (κ3) is 4.42. The summed E-state index contributed by atoms with van der Waals surface area (Å²) < 4.78 is 6.11. The molecule has 3 heterocycles. The molecule has 0 atom stereocenters. The van der Waals surface area contributed by atoms with Gasteiger partial charge in [-0.2, -0.15) is 0 Å². The lowest BCUT2D eigenvalue weighted by Crippen LogP contribution is -2.47. The van der Waals surface area contributed by atoms with Crippen molar-refractivity contribution in [1.82, 2.24) is 14.7 Å². The van der Waals surface area contributed by atoms with Gasteiger partial charge in [-0.05, 0) is 56.4 Å². The van der Waals surface area contributed by atoms with Crippen LogP contribution in [0.2, 0.25) is 0 Å². The summed E-state index contributed by atoms with van der Waals surface area (Å²) in [7, 11) is 0. The molecule has 3 saturated heterocycles. The first-order valence-electron chi connectivity index (χ1n) is 10.8. The predicted octanol–water partition coefficient (Wildman–Crippen LogP) is 3.37. The summed E-state index contributed by atoms with van der Waals surface area (Å²) in [5, 5.41) is 0. The maximum Gasteiger partial charge on any atom is 0.320 e.